The summed E-state index contributed by atoms with van der Waals surface area (Å²) in [6.45, 7) is 1.78. The molecule has 4 aromatic carbocycles. The lowest BCUT2D eigenvalue weighted by Gasteiger charge is -2.18. The van der Waals surface area contributed by atoms with Crippen LogP contribution in [-0.2, 0) is 4.79 Å². The first-order chi connectivity index (χ1) is 18.3. The Morgan fingerprint density at radius 1 is 0.895 bits per heavy atom. The highest BCUT2D eigenvalue weighted by Crippen LogP contribution is 2.37. The number of amides is 2. The van der Waals surface area contributed by atoms with Crippen molar-refractivity contribution in [2.45, 2.75) is 17.1 Å². The molecule has 1 unspecified atom stereocenters. The lowest BCUT2D eigenvalue weighted by Crippen LogP contribution is -2.19. The highest BCUT2D eigenvalue weighted by molar-refractivity contribution is 8.00. The second-order valence-electron chi connectivity index (χ2n) is 8.37. The summed E-state index contributed by atoms with van der Waals surface area (Å²) >= 11 is 1.31. The van der Waals surface area contributed by atoms with E-state index >= 15 is 0 Å². The van der Waals surface area contributed by atoms with Crippen LogP contribution in [0.2, 0.25) is 0 Å². The molecule has 0 heterocycles. The Hall–Kier alpha value is -4.63. The molecule has 0 aromatic heterocycles. The van der Waals surface area contributed by atoms with E-state index in [-0.39, 0.29) is 17.5 Å². The summed E-state index contributed by atoms with van der Waals surface area (Å²) in [6.07, 6.45) is 0. The fourth-order valence-corrected chi connectivity index (χ4v) is 4.79. The fourth-order valence-electron chi connectivity index (χ4n) is 3.71. The number of nitrogens with zero attached hydrogens (tertiary/aromatic N) is 1. The molecule has 0 fully saturated rings. The first kappa shape index (κ1) is 26.4. The first-order valence-electron chi connectivity index (χ1n) is 11.7. The van der Waals surface area contributed by atoms with E-state index in [1.807, 2.05) is 36.4 Å². The van der Waals surface area contributed by atoms with Gasteiger partial charge >= 0.3 is 0 Å². The van der Waals surface area contributed by atoms with Crippen LogP contribution in [0.1, 0.15) is 26.7 Å². The molecular weight excluding hydrogens is 502 g/mol. The Morgan fingerprint density at radius 3 is 2.39 bits per heavy atom. The third-order valence-electron chi connectivity index (χ3n) is 5.71. The molecule has 0 spiro atoms. The zero-order valence-electron chi connectivity index (χ0n) is 20.7. The van der Waals surface area contributed by atoms with Gasteiger partial charge < -0.3 is 15.4 Å². The monoisotopic (exact) mass is 527 g/mol. The van der Waals surface area contributed by atoms with Crippen LogP contribution < -0.4 is 15.4 Å². The van der Waals surface area contributed by atoms with Crippen LogP contribution in [0.15, 0.2) is 102 Å². The maximum absolute atomic E-state index is 13.5. The maximum Gasteiger partial charge on any atom is 0.271 e. The number of carbonyl (C=O) groups excluding carboxylic acids is 2. The number of rotatable bonds is 9. The van der Waals surface area contributed by atoms with Crippen molar-refractivity contribution in [3.8, 4) is 5.75 Å². The van der Waals surface area contributed by atoms with Crippen molar-refractivity contribution in [3.63, 3.8) is 0 Å². The van der Waals surface area contributed by atoms with Crippen molar-refractivity contribution in [2.24, 2.45) is 0 Å². The van der Waals surface area contributed by atoms with Gasteiger partial charge in [0.25, 0.3) is 11.6 Å². The molecule has 0 radical (unpaired) electrons. The Balaban J connectivity index is 1.56. The summed E-state index contributed by atoms with van der Waals surface area (Å²) < 4.78 is 5.20. The van der Waals surface area contributed by atoms with E-state index in [0.29, 0.717) is 28.3 Å². The summed E-state index contributed by atoms with van der Waals surface area (Å²) in [4.78, 5) is 37.7. The summed E-state index contributed by atoms with van der Waals surface area (Å²) in [5, 5.41) is 16.3. The number of methoxy groups -OCH3 is 1. The van der Waals surface area contributed by atoms with Gasteiger partial charge in [0.1, 0.15) is 11.0 Å². The van der Waals surface area contributed by atoms with Crippen molar-refractivity contribution in [2.75, 3.05) is 17.7 Å². The zero-order valence-corrected chi connectivity index (χ0v) is 21.5. The Labute approximate surface area is 224 Å². The predicted octanol–water partition coefficient (Wildman–Crippen LogP) is 6.64. The number of nitrogens with one attached hydrogen (secondary N) is 2. The van der Waals surface area contributed by atoms with Crippen molar-refractivity contribution < 1.29 is 19.2 Å². The SMILES string of the molecule is COc1cccc(C(=O)Nc2cccc(SC(C(=O)Nc3cc([N+](=O)[O-])ccc3C)c3ccccc3)c2)c1. The van der Waals surface area contributed by atoms with Gasteiger partial charge in [0.05, 0.1) is 17.7 Å². The molecule has 9 heteroatoms. The molecule has 0 aliphatic rings. The molecule has 38 heavy (non-hydrogen) atoms. The van der Waals surface area contributed by atoms with Gasteiger partial charge in [-0.15, -0.1) is 11.8 Å². The number of carbonyl (C=O) groups is 2. The van der Waals surface area contributed by atoms with Gasteiger partial charge in [-0.25, -0.2) is 0 Å². The summed E-state index contributed by atoms with van der Waals surface area (Å²) in [6, 6.07) is 27.7. The number of benzene rings is 4. The summed E-state index contributed by atoms with van der Waals surface area (Å²) in [7, 11) is 1.54. The van der Waals surface area contributed by atoms with Crippen LogP contribution in [0.3, 0.4) is 0 Å². The van der Waals surface area contributed by atoms with Crippen molar-refractivity contribution in [1.82, 2.24) is 0 Å². The number of nitro groups is 1. The molecule has 2 N–H and O–H groups in total. The lowest BCUT2D eigenvalue weighted by atomic mass is 10.1. The van der Waals surface area contributed by atoms with Crippen LogP contribution in [0, 0.1) is 17.0 Å². The summed E-state index contributed by atoms with van der Waals surface area (Å²) in [5.74, 6) is -0.0298. The first-order valence-corrected chi connectivity index (χ1v) is 12.5. The molecule has 0 aliphatic carbocycles. The molecule has 4 rings (SSSR count). The predicted molar refractivity (Wildman–Crippen MR) is 149 cm³/mol. The molecule has 0 saturated carbocycles. The lowest BCUT2D eigenvalue weighted by molar-refractivity contribution is -0.384. The summed E-state index contributed by atoms with van der Waals surface area (Å²) in [5.41, 5.74) is 2.78. The minimum atomic E-state index is -0.654. The number of hydrogen-bond acceptors (Lipinski definition) is 6. The highest BCUT2D eigenvalue weighted by Gasteiger charge is 2.24. The maximum atomic E-state index is 13.5. The molecule has 0 bridgehead atoms. The Morgan fingerprint density at radius 2 is 1.66 bits per heavy atom. The highest BCUT2D eigenvalue weighted by atomic mass is 32.2. The van der Waals surface area contributed by atoms with Gasteiger partial charge in [0.2, 0.25) is 5.91 Å². The minimum Gasteiger partial charge on any atom is -0.497 e. The number of non-ortho nitro benzene ring substituents is 1. The van der Waals surface area contributed by atoms with Crippen LogP contribution in [0.5, 0.6) is 5.75 Å². The fraction of sp³-hybridized carbons (Fsp3) is 0.103. The molecule has 2 amide bonds. The number of thioether (sulfide) groups is 1. The zero-order chi connectivity index (χ0) is 27.1. The van der Waals surface area contributed by atoms with Crippen LogP contribution in [-0.4, -0.2) is 23.8 Å². The van der Waals surface area contributed by atoms with Crippen LogP contribution in [0.4, 0.5) is 17.1 Å². The molecular formula is C29H25N3O5S. The van der Waals surface area contributed by atoms with Crippen LogP contribution in [0.25, 0.3) is 0 Å². The molecule has 192 valence electrons. The van der Waals surface area contributed by atoms with E-state index in [9.17, 15) is 19.7 Å². The number of hydrogen-bond donors (Lipinski definition) is 2. The average molecular weight is 528 g/mol. The van der Waals surface area contributed by atoms with E-state index in [0.717, 1.165) is 10.5 Å². The Bertz CT molecular complexity index is 1480. The van der Waals surface area contributed by atoms with E-state index in [4.69, 9.17) is 4.74 Å². The van der Waals surface area contributed by atoms with E-state index in [2.05, 4.69) is 10.6 Å². The van der Waals surface area contributed by atoms with Gasteiger partial charge in [-0.2, -0.15) is 0 Å². The number of nitro benzene ring substituents is 1. The van der Waals surface area contributed by atoms with Gasteiger partial charge in [0.15, 0.2) is 0 Å². The number of ether oxygens (including phenoxy) is 1. The molecule has 8 nitrogen and oxygen atoms in total. The van der Waals surface area contributed by atoms with Gasteiger partial charge in [-0.1, -0.05) is 48.5 Å². The largest absolute Gasteiger partial charge is 0.497 e. The number of aryl methyl sites for hydroxylation is 1. The van der Waals surface area contributed by atoms with Crippen molar-refractivity contribution in [3.05, 3.63) is 124 Å². The quantitative estimate of drug-likeness (QED) is 0.143. The van der Waals surface area contributed by atoms with E-state index in [1.165, 1.54) is 31.0 Å². The normalized spacial score (nSPS) is 11.3. The number of anilines is 2. The Kier molecular flexibility index (Phi) is 8.40. The third kappa shape index (κ3) is 6.57. The molecule has 4 aromatic rings. The molecule has 1 atom stereocenters. The van der Waals surface area contributed by atoms with Gasteiger partial charge in [-0.05, 0) is 54.4 Å². The van der Waals surface area contributed by atoms with Gasteiger partial charge in [0, 0.05) is 28.3 Å². The second kappa shape index (κ2) is 12.1. The second-order valence-corrected chi connectivity index (χ2v) is 9.55. The van der Waals surface area contributed by atoms with Crippen LogP contribution >= 0.6 is 11.8 Å². The average Bonchev–Trinajstić information content (AvgIpc) is 2.93. The van der Waals surface area contributed by atoms with E-state index in [1.54, 1.807) is 55.5 Å². The minimum absolute atomic E-state index is 0.103. The topological polar surface area (TPSA) is 111 Å². The third-order valence-corrected chi connectivity index (χ3v) is 6.96. The van der Waals surface area contributed by atoms with Crippen molar-refractivity contribution in [1.29, 1.82) is 0 Å². The standard InChI is InChI=1S/C29H25N3O5S/c1-19-14-15-23(32(35)36)18-26(19)31-29(34)27(20-8-4-3-5-9-20)38-25-13-7-11-22(17-25)30-28(33)21-10-6-12-24(16-21)37-2/h3-18,27H,1-2H3,(H,30,33)(H,31,34). The molecule has 0 saturated heterocycles. The van der Waals surface area contributed by atoms with Gasteiger partial charge in [-0.3, -0.25) is 19.7 Å². The van der Waals surface area contributed by atoms with Crippen molar-refractivity contribution >= 4 is 40.6 Å². The molecule has 0 aliphatic heterocycles. The van der Waals surface area contributed by atoms with E-state index < -0.39 is 10.2 Å². The smallest absolute Gasteiger partial charge is 0.271 e.